The van der Waals surface area contributed by atoms with Gasteiger partial charge in [0, 0.05) is 25.0 Å². The van der Waals surface area contributed by atoms with E-state index >= 15 is 0 Å². The van der Waals surface area contributed by atoms with Crippen LogP contribution in [0, 0.1) is 0 Å². The van der Waals surface area contributed by atoms with Crippen LogP contribution in [0.1, 0.15) is 24.0 Å². The Morgan fingerprint density at radius 2 is 1.31 bits per heavy atom. The fraction of sp³-hybridized carbons (Fsp3) is 0.296. The Morgan fingerprint density at radius 3 is 1.77 bits per heavy atom. The third kappa shape index (κ3) is 7.49. The summed E-state index contributed by atoms with van der Waals surface area (Å²) in [6.45, 7) is 0. The summed E-state index contributed by atoms with van der Waals surface area (Å²) in [5.74, 6) is -4.88. The van der Waals surface area contributed by atoms with Crippen molar-refractivity contribution >= 4 is 17.9 Å². The Labute approximate surface area is 222 Å². The zero-order valence-corrected chi connectivity index (χ0v) is 20.5. The highest BCUT2D eigenvalue weighted by Gasteiger charge is 2.54. The number of allylic oxidation sites excluding steroid dienone is 2. The smallest absolute Gasteiger partial charge is 0.339 e. The number of carbonyl (C=O) groups is 3. The fourth-order valence-corrected chi connectivity index (χ4v) is 3.98. The summed E-state index contributed by atoms with van der Waals surface area (Å²) in [5.41, 5.74) is -1.49. The van der Waals surface area contributed by atoms with Crippen LogP contribution in [0.3, 0.4) is 0 Å². The number of aromatic hydroxyl groups is 4. The molecule has 7 N–H and O–H groups in total. The van der Waals surface area contributed by atoms with Crippen LogP contribution in [0.25, 0.3) is 0 Å². The van der Waals surface area contributed by atoms with Crippen LogP contribution in [0.15, 0.2) is 60.7 Å². The number of aliphatic hydroxyl groups is 2. The van der Waals surface area contributed by atoms with Gasteiger partial charge in [-0.15, -0.1) is 0 Å². The number of carboxylic acid groups (broad SMARTS) is 1. The Hall–Kier alpha value is -4.55. The summed E-state index contributed by atoms with van der Waals surface area (Å²) in [4.78, 5) is 36.4. The third-order valence-electron chi connectivity index (χ3n) is 6.12. The van der Waals surface area contributed by atoms with Gasteiger partial charge in [0.25, 0.3) is 0 Å². The molecule has 1 aliphatic carbocycles. The first kappa shape index (κ1) is 29.0. The van der Waals surface area contributed by atoms with Gasteiger partial charge in [-0.05, 0) is 48.2 Å². The SMILES string of the molecule is O=C(/C=C/Cc1ccc(O)c(O)c1)O[C@H]1C[C@H](OC(=O)/C=C/Cc2ccc(O)c(O)c2)[C@](O)(C(=O)O)C[C@H]1O. The van der Waals surface area contributed by atoms with Crippen LogP contribution in [0.4, 0.5) is 0 Å². The first-order valence-electron chi connectivity index (χ1n) is 11.8. The molecule has 0 aromatic heterocycles. The van der Waals surface area contributed by atoms with Crippen molar-refractivity contribution in [1.29, 1.82) is 0 Å². The maximum Gasteiger partial charge on any atom is 0.339 e. The highest BCUT2D eigenvalue weighted by molar-refractivity contribution is 5.84. The fourth-order valence-electron chi connectivity index (χ4n) is 3.98. The van der Waals surface area contributed by atoms with Crippen molar-refractivity contribution in [3.63, 3.8) is 0 Å². The standard InChI is InChI=1S/C27H28O12/c28-17-9-7-15(11-19(17)30)3-1-5-24(33)38-22-13-23(27(37,26(35)36)14-21(22)32)39-25(34)6-2-4-16-8-10-18(29)20(31)12-16/h1-2,5-12,21-23,28-32,37H,3-4,13-14H2,(H,35,36)/b5-1+,6-2+/t21-,22+,23+,27+/m1/s1. The third-order valence-corrected chi connectivity index (χ3v) is 6.12. The van der Waals surface area contributed by atoms with E-state index < -0.39 is 54.7 Å². The van der Waals surface area contributed by atoms with Crippen molar-refractivity contribution in [2.45, 2.75) is 49.6 Å². The van der Waals surface area contributed by atoms with Crippen molar-refractivity contribution in [1.82, 2.24) is 0 Å². The predicted molar refractivity (Wildman–Crippen MR) is 133 cm³/mol. The summed E-state index contributed by atoms with van der Waals surface area (Å²) in [5, 5.41) is 68.3. The Bertz CT molecular complexity index is 1280. The number of carbonyl (C=O) groups excluding carboxylic acids is 2. The number of rotatable bonds is 9. The monoisotopic (exact) mass is 544 g/mol. The number of esters is 2. The van der Waals surface area contributed by atoms with E-state index in [1.165, 1.54) is 48.6 Å². The maximum absolute atomic E-state index is 12.3. The largest absolute Gasteiger partial charge is 0.504 e. The molecular formula is C27H28O12. The van der Waals surface area contributed by atoms with Gasteiger partial charge in [0.2, 0.25) is 5.60 Å². The highest BCUT2D eigenvalue weighted by Crippen LogP contribution is 2.34. The highest BCUT2D eigenvalue weighted by atomic mass is 16.6. The molecule has 12 heteroatoms. The lowest BCUT2D eigenvalue weighted by molar-refractivity contribution is -0.209. The molecule has 1 fully saturated rings. The normalized spacial score (nSPS) is 23.1. The number of phenolic OH excluding ortho intramolecular Hbond substituents is 4. The van der Waals surface area contributed by atoms with Gasteiger partial charge < -0.3 is 45.2 Å². The number of carboxylic acids is 1. The average molecular weight is 545 g/mol. The lowest BCUT2D eigenvalue weighted by Crippen LogP contribution is -2.60. The number of benzene rings is 2. The molecule has 4 atom stereocenters. The molecule has 0 unspecified atom stereocenters. The van der Waals surface area contributed by atoms with E-state index in [-0.39, 0.29) is 35.8 Å². The number of phenols is 4. The van der Waals surface area contributed by atoms with Crippen LogP contribution < -0.4 is 0 Å². The molecule has 0 aliphatic heterocycles. The molecule has 2 aromatic rings. The van der Waals surface area contributed by atoms with E-state index in [1.807, 2.05) is 0 Å². The number of aliphatic hydroxyl groups excluding tert-OH is 1. The van der Waals surface area contributed by atoms with Crippen LogP contribution in [0.5, 0.6) is 23.0 Å². The summed E-state index contributed by atoms with van der Waals surface area (Å²) >= 11 is 0. The first-order chi connectivity index (χ1) is 18.4. The van der Waals surface area contributed by atoms with E-state index in [2.05, 4.69) is 0 Å². The van der Waals surface area contributed by atoms with Gasteiger partial charge in [-0.1, -0.05) is 24.3 Å². The molecule has 3 rings (SSSR count). The van der Waals surface area contributed by atoms with Crippen LogP contribution in [-0.4, -0.2) is 77.6 Å². The van der Waals surface area contributed by atoms with Crippen LogP contribution >= 0.6 is 0 Å². The molecule has 2 aromatic carbocycles. The molecule has 208 valence electrons. The second kappa shape index (κ2) is 12.3. The van der Waals surface area contributed by atoms with Gasteiger partial charge in [-0.25, -0.2) is 14.4 Å². The molecule has 0 radical (unpaired) electrons. The van der Waals surface area contributed by atoms with Gasteiger partial charge in [-0.3, -0.25) is 0 Å². The minimum Gasteiger partial charge on any atom is -0.504 e. The molecule has 0 bridgehead atoms. The summed E-state index contributed by atoms with van der Waals surface area (Å²) in [6, 6.07) is 8.20. The summed E-state index contributed by atoms with van der Waals surface area (Å²) in [6.07, 6.45) is -0.610. The molecule has 39 heavy (non-hydrogen) atoms. The quantitative estimate of drug-likeness (QED) is 0.135. The first-order valence-corrected chi connectivity index (χ1v) is 11.8. The lowest BCUT2D eigenvalue weighted by Gasteiger charge is -2.41. The predicted octanol–water partition coefficient (Wildman–Crippen LogP) is 1.20. The Balaban J connectivity index is 1.61. The molecule has 1 saturated carbocycles. The van der Waals surface area contributed by atoms with Crippen molar-refractivity contribution in [2.24, 2.45) is 0 Å². The molecule has 0 spiro atoms. The van der Waals surface area contributed by atoms with Gasteiger partial charge >= 0.3 is 17.9 Å². The second-order valence-electron chi connectivity index (χ2n) is 9.00. The van der Waals surface area contributed by atoms with Crippen molar-refractivity contribution in [3.05, 3.63) is 71.8 Å². The molecule has 0 heterocycles. The minimum absolute atomic E-state index is 0.159. The Morgan fingerprint density at radius 1 is 0.821 bits per heavy atom. The minimum atomic E-state index is -2.63. The van der Waals surface area contributed by atoms with Gasteiger partial charge in [-0.2, -0.15) is 0 Å². The maximum atomic E-state index is 12.3. The number of hydrogen-bond donors (Lipinski definition) is 7. The number of ether oxygens (including phenoxy) is 2. The van der Waals surface area contributed by atoms with E-state index in [1.54, 1.807) is 0 Å². The zero-order valence-electron chi connectivity index (χ0n) is 20.5. The number of hydrogen-bond acceptors (Lipinski definition) is 11. The van der Waals surface area contributed by atoms with Crippen molar-refractivity contribution in [3.8, 4) is 23.0 Å². The van der Waals surface area contributed by atoms with Gasteiger partial charge in [0.05, 0.1) is 6.10 Å². The Kier molecular flexibility index (Phi) is 9.17. The molecule has 1 aliphatic rings. The van der Waals surface area contributed by atoms with E-state index in [0.29, 0.717) is 11.1 Å². The average Bonchev–Trinajstić information content (AvgIpc) is 2.86. The van der Waals surface area contributed by atoms with Crippen molar-refractivity contribution < 1.29 is 59.6 Å². The van der Waals surface area contributed by atoms with E-state index in [0.717, 1.165) is 12.2 Å². The molecule has 0 saturated heterocycles. The molecule has 0 amide bonds. The summed E-state index contributed by atoms with van der Waals surface area (Å²) in [7, 11) is 0. The molecular weight excluding hydrogens is 516 g/mol. The van der Waals surface area contributed by atoms with E-state index in [4.69, 9.17) is 9.47 Å². The summed E-state index contributed by atoms with van der Waals surface area (Å²) < 4.78 is 10.4. The zero-order chi connectivity index (χ0) is 28.7. The number of aliphatic carboxylic acids is 1. The van der Waals surface area contributed by atoms with Crippen LogP contribution in [-0.2, 0) is 36.7 Å². The van der Waals surface area contributed by atoms with E-state index in [9.17, 15) is 50.1 Å². The van der Waals surface area contributed by atoms with Crippen LogP contribution in [0.2, 0.25) is 0 Å². The lowest BCUT2D eigenvalue weighted by atomic mass is 9.79. The van der Waals surface area contributed by atoms with Gasteiger partial charge in [0.1, 0.15) is 12.2 Å². The van der Waals surface area contributed by atoms with Crippen molar-refractivity contribution in [2.75, 3.05) is 0 Å². The van der Waals surface area contributed by atoms with Gasteiger partial charge in [0.15, 0.2) is 23.0 Å². The topological polar surface area (TPSA) is 211 Å². The second-order valence-corrected chi connectivity index (χ2v) is 9.00. The molecule has 12 nitrogen and oxygen atoms in total.